The number of anilines is 1. The Balaban J connectivity index is 1.33. The number of nitrogens with one attached hydrogen (secondary N) is 1. The number of nitrogens with zero attached hydrogens (tertiary/aromatic N) is 4. The number of nitrogens with two attached hydrogens (primary N) is 1. The summed E-state index contributed by atoms with van der Waals surface area (Å²) in [5, 5.41) is 7.20. The van der Waals surface area contributed by atoms with E-state index >= 15 is 0 Å². The molecule has 31 heavy (non-hydrogen) atoms. The van der Waals surface area contributed by atoms with E-state index in [4.69, 9.17) is 19.9 Å². The average molecular weight is 433 g/mol. The van der Waals surface area contributed by atoms with E-state index in [1.54, 1.807) is 0 Å². The minimum atomic E-state index is -0.516. The van der Waals surface area contributed by atoms with Crippen molar-refractivity contribution in [1.29, 1.82) is 0 Å². The van der Waals surface area contributed by atoms with Crippen molar-refractivity contribution in [2.75, 3.05) is 38.6 Å². The summed E-state index contributed by atoms with van der Waals surface area (Å²) in [6, 6.07) is 4.03. The molecule has 0 saturated carbocycles. The van der Waals surface area contributed by atoms with Crippen LogP contribution in [0.2, 0.25) is 0 Å². The molecule has 2 aliphatic heterocycles. The average Bonchev–Trinajstić information content (AvgIpc) is 3.33. The number of fused-ring (bicyclic) bond motifs is 1. The van der Waals surface area contributed by atoms with Gasteiger partial charge in [0.2, 0.25) is 0 Å². The van der Waals surface area contributed by atoms with Crippen LogP contribution in [0.5, 0.6) is 0 Å². The lowest BCUT2D eigenvalue weighted by Gasteiger charge is -2.37. The number of carbonyl (C=O) groups is 1. The fourth-order valence-electron chi connectivity index (χ4n) is 4.17. The first-order valence-electron chi connectivity index (χ1n) is 10.8. The number of amides is 1. The topological polar surface area (TPSA) is 116 Å². The molecule has 4 rings (SSSR count). The van der Waals surface area contributed by atoms with Crippen molar-refractivity contribution in [3.63, 3.8) is 0 Å². The molecule has 3 atom stereocenters. The summed E-state index contributed by atoms with van der Waals surface area (Å²) in [5.74, 6) is 0.462. The highest BCUT2D eigenvalue weighted by Crippen LogP contribution is 2.34. The smallest absolute Gasteiger partial charge is 0.407 e. The van der Waals surface area contributed by atoms with E-state index in [0.717, 1.165) is 37.1 Å². The molecule has 4 heterocycles. The van der Waals surface area contributed by atoms with Crippen LogP contribution >= 0.6 is 0 Å². The minimum Gasteiger partial charge on any atom is -0.444 e. The van der Waals surface area contributed by atoms with Crippen LogP contribution in [0.15, 0.2) is 18.5 Å². The van der Waals surface area contributed by atoms with Crippen LogP contribution in [0, 0.1) is 0 Å². The summed E-state index contributed by atoms with van der Waals surface area (Å²) in [5.41, 5.74) is 7.23. The lowest BCUT2D eigenvalue weighted by atomic mass is 10.1. The van der Waals surface area contributed by atoms with Crippen LogP contribution in [0.3, 0.4) is 0 Å². The summed E-state index contributed by atoms with van der Waals surface area (Å²) in [7, 11) is 0. The molecule has 0 aromatic carbocycles. The largest absolute Gasteiger partial charge is 0.444 e. The van der Waals surface area contributed by atoms with Crippen molar-refractivity contribution >= 4 is 17.4 Å². The highest BCUT2D eigenvalue weighted by molar-refractivity contribution is 5.67. The van der Waals surface area contributed by atoms with E-state index in [1.165, 1.54) is 6.33 Å². The van der Waals surface area contributed by atoms with Crippen molar-refractivity contribution in [3.05, 3.63) is 24.2 Å². The van der Waals surface area contributed by atoms with Gasteiger partial charge in [-0.3, -0.25) is 4.90 Å². The van der Waals surface area contributed by atoms with E-state index in [-0.39, 0.29) is 18.2 Å². The van der Waals surface area contributed by atoms with Crippen LogP contribution in [0.25, 0.3) is 5.52 Å². The molecule has 0 bridgehead atoms. The van der Waals surface area contributed by atoms with E-state index in [1.807, 2.05) is 37.4 Å². The molecule has 3 N–H and O–H groups in total. The zero-order valence-corrected chi connectivity index (χ0v) is 18.4. The van der Waals surface area contributed by atoms with Gasteiger partial charge >= 0.3 is 6.09 Å². The Bertz CT molecular complexity index is 911. The molecular weight excluding hydrogens is 400 g/mol. The molecule has 0 spiro atoms. The molecule has 2 aromatic heterocycles. The highest BCUT2D eigenvalue weighted by atomic mass is 16.6. The van der Waals surface area contributed by atoms with Crippen molar-refractivity contribution in [3.8, 4) is 0 Å². The second kappa shape index (κ2) is 8.97. The van der Waals surface area contributed by atoms with Crippen LogP contribution < -0.4 is 11.1 Å². The van der Waals surface area contributed by atoms with Gasteiger partial charge in [-0.1, -0.05) is 0 Å². The summed E-state index contributed by atoms with van der Waals surface area (Å²) in [4.78, 5) is 18.4. The van der Waals surface area contributed by atoms with Gasteiger partial charge in [0.15, 0.2) is 5.82 Å². The van der Waals surface area contributed by atoms with Gasteiger partial charge in [0, 0.05) is 19.6 Å². The molecule has 1 amide bonds. The van der Waals surface area contributed by atoms with Crippen LogP contribution in [0.4, 0.5) is 10.6 Å². The lowest BCUT2D eigenvalue weighted by molar-refractivity contribution is -0.0418. The Morgan fingerprint density at radius 3 is 3.00 bits per heavy atom. The third-order valence-electron chi connectivity index (χ3n) is 5.62. The van der Waals surface area contributed by atoms with Gasteiger partial charge in [-0.25, -0.2) is 14.3 Å². The third-order valence-corrected chi connectivity index (χ3v) is 5.62. The minimum absolute atomic E-state index is 0.0267. The van der Waals surface area contributed by atoms with Crippen molar-refractivity contribution < 1.29 is 19.0 Å². The number of ether oxygens (including phenoxy) is 3. The number of morpholine rings is 1. The van der Waals surface area contributed by atoms with E-state index in [0.29, 0.717) is 25.6 Å². The maximum absolute atomic E-state index is 12.0. The fourth-order valence-corrected chi connectivity index (χ4v) is 4.17. The van der Waals surface area contributed by atoms with Crippen molar-refractivity contribution in [1.82, 2.24) is 24.8 Å². The second-order valence-electron chi connectivity index (χ2n) is 9.13. The molecule has 2 fully saturated rings. The summed E-state index contributed by atoms with van der Waals surface area (Å²) < 4.78 is 19.2. The molecule has 10 heteroatoms. The maximum atomic E-state index is 12.0. The number of alkyl carbamates (subject to hydrolysis) is 1. The zero-order valence-electron chi connectivity index (χ0n) is 18.4. The summed E-state index contributed by atoms with van der Waals surface area (Å²) in [6.45, 7) is 8.89. The van der Waals surface area contributed by atoms with Crippen LogP contribution in [-0.4, -0.2) is 76.2 Å². The zero-order chi connectivity index (χ0) is 22.0. The number of carbonyl (C=O) groups excluding carboxylic acids is 1. The second-order valence-corrected chi connectivity index (χ2v) is 9.13. The van der Waals surface area contributed by atoms with Gasteiger partial charge < -0.3 is 25.3 Å². The monoisotopic (exact) mass is 432 g/mol. The van der Waals surface area contributed by atoms with Crippen LogP contribution in [0.1, 0.15) is 45.4 Å². The Kier molecular flexibility index (Phi) is 6.31. The number of rotatable bonds is 5. The van der Waals surface area contributed by atoms with Crippen molar-refractivity contribution in [2.45, 2.75) is 57.5 Å². The van der Waals surface area contributed by atoms with Crippen LogP contribution in [-0.2, 0) is 14.2 Å². The van der Waals surface area contributed by atoms with Gasteiger partial charge in [-0.05, 0) is 45.7 Å². The molecular formula is C21H32N6O4. The highest BCUT2D eigenvalue weighted by Gasteiger charge is 2.33. The lowest BCUT2D eigenvalue weighted by Crippen LogP contribution is -2.53. The normalized spacial score (nSPS) is 25.1. The maximum Gasteiger partial charge on any atom is 0.407 e. The summed E-state index contributed by atoms with van der Waals surface area (Å²) >= 11 is 0. The Labute approximate surface area is 182 Å². The Morgan fingerprint density at radius 1 is 1.35 bits per heavy atom. The molecule has 0 radical (unpaired) electrons. The van der Waals surface area contributed by atoms with Gasteiger partial charge in [0.1, 0.15) is 23.5 Å². The molecule has 0 aliphatic carbocycles. The molecule has 2 saturated heterocycles. The Morgan fingerprint density at radius 2 is 2.19 bits per heavy atom. The van der Waals surface area contributed by atoms with E-state index in [9.17, 15) is 4.79 Å². The first-order chi connectivity index (χ1) is 14.8. The van der Waals surface area contributed by atoms with Gasteiger partial charge in [0.05, 0.1) is 31.1 Å². The molecule has 2 aromatic rings. The van der Waals surface area contributed by atoms with Gasteiger partial charge in [-0.15, -0.1) is 0 Å². The number of aromatic nitrogens is 3. The van der Waals surface area contributed by atoms with E-state index in [2.05, 4.69) is 20.3 Å². The summed E-state index contributed by atoms with van der Waals surface area (Å²) in [6.07, 6.45) is 3.02. The van der Waals surface area contributed by atoms with Gasteiger partial charge in [0.25, 0.3) is 0 Å². The molecule has 170 valence electrons. The molecule has 10 nitrogen and oxygen atoms in total. The van der Waals surface area contributed by atoms with Gasteiger partial charge in [-0.2, -0.15) is 5.10 Å². The van der Waals surface area contributed by atoms with E-state index < -0.39 is 11.7 Å². The number of hydrogen-bond acceptors (Lipinski definition) is 8. The first-order valence-corrected chi connectivity index (χ1v) is 10.8. The SMILES string of the molecule is CC(C)(C)OC(=O)NC[C@@H]1COCCN1C[C@@H]1CC[C@H](c2ccc3c(N)ncnn23)O1. The fraction of sp³-hybridized carbons (Fsp3) is 0.667. The molecule has 0 unspecified atom stereocenters. The standard InChI is InChI=1S/C21H32N6O4/c1-21(2,3)31-20(28)23-10-14-12-29-9-8-26(14)11-15-4-7-18(30-15)16-5-6-17-19(22)24-13-25-27(16)17/h5-6,13-15,18H,4,7-12H2,1-3H3,(H,23,28)(H2,22,24,25)/t14-,15+,18-/m1/s1. The third kappa shape index (κ3) is 5.25. The Hall–Kier alpha value is -2.43. The number of hydrogen-bond donors (Lipinski definition) is 2. The first kappa shape index (κ1) is 21.8. The quantitative estimate of drug-likeness (QED) is 0.734. The number of nitrogen functional groups attached to an aromatic ring is 1. The van der Waals surface area contributed by atoms with Crippen molar-refractivity contribution in [2.24, 2.45) is 0 Å². The predicted octanol–water partition coefficient (Wildman–Crippen LogP) is 1.76. The molecule has 2 aliphatic rings. The predicted molar refractivity (Wildman–Crippen MR) is 115 cm³/mol.